The lowest BCUT2D eigenvalue weighted by atomic mass is 10.1. The van der Waals surface area contributed by atoms with Crippen molar-refractivity contribution in [3.05, 3.63) is 25.6 Å². The molecule has 2 heteroatoms. The fraction of sp³-hybridized carbons (Fsp3) is 0.333. The highest BCUT2D eigenvalue weighted by Gasteiger charge is 1.98. The third-order valence-corrected chi connectivity index (χ3v) is 1.14. The van der Waals surface area contributed by atoms with Gasteiger partial charge in [0.2, 0.25) is 0 Å². The number of aliphatic imine (C=N–C) groups is 2. The molecule has 0 heterocycles. The number of hydrogen-bond donors (Lipinski definition) is 0. The lowest BCUT2D eigenvalue weighted by Crippen LogP contribution is -2.07. The van der Waals surface area contributed by atoms with Crippen LogP contribution in [0.2, 0.25) is 0 Å². The van der Waals surface area contributed by atoms with Crippen LogP contribution in [0.5, 0.6) is 0 Å². The van der Waals surface area contributed by atoms with Crippen LogP contribution in [-0.4, -0.2) is 11.9 Å². The lowest BCUT2D eigenvalue weighted by Gasteiger charge is -2.00. The second-order valence-electron chi connectivity index (χ2n) is 2.35. The molecule has 0 rings (SSSR count). The molecule has 60 valence electrons. The van der Waals surface area contributed by atoms with Gasteiger partial charge < -0.3 is 0 Å². The number of hydrogen-bond acceptors (Lipinski definition) is 2. The van der Waals surface area contributed by atoms with Gasteiger partial charge in [-0.3, -0.25) is 9.98 Å². The first-order valence-corrected chi connectivity index (χ1v) is 3.55. The monoisotopic (exact) mass is 150 g/mol. The summed E-state index contributed by atoms with van der Waals surface area (Å²) in [4.78, 5) is 7.92. The van der Waals surface area contributed by atoms with Crippen LogP contribution in [0.15, 0.2) is 35.5 Å². The van der Waals surface area contributed by atoms with E-state index in [0.29, 0.717) is 5.92 Å². The van der Waals surface area contributed by atoms with Crippen molar-refractivity contribution in [3.63, 3.8) is 0 Å². The maximum absolute atomic E-state index is 4.04. The van der Waals surface area contributed by atoms with Gasteiger partial charge in [0, 0.05) is 18.6 Å². The molecule has 0 aliphatic carbocycles. The Bertz CT molecular complexity index is 188. The van der Waals surface area contributed by atoms with Gasteiger partial charge in [0.1, 0.15) is 0 Å². The molecule has 0 amide bonds. The minimum Gasteiger partial charge on any atom is -0.263 e. The largest absolute Gasteiger partial charge is 0.263 e. The van der Waals surface area contributed by atoms with Crippen LogP contribution in [0.25, 0.3) is 0 Å². The van der Waals surface area contributed by atoms with Crippen molar-refractivity contribution in [1.29, 1.82) is 0 Å². The zero-order valence-electron chi connectivity index (χ0n) is 7.12. The summed E-state index contributed by atoms with van der Waals surface area (Å²) in [6.45, 7) is 11.1. The molecular formula is C9H14N2. The van der Waals surface area contributed by atoms with Crippen molar-refractivity contribution in [1.82, 2.24) is 0 Å². The van der Waals surface area contributed by atoms with Crippen molar-refractivity contribution in [2.45, 2.75) is 13.8 Å². The first-order valence-electron chi connectivity index (χ1n) is 3.55. The van der Waals surface area contributed by atoms with Crippen LogP contribution < -0.4 is 0 Å². The Kier molecular flexibility index (Phi) is 4.99. The molecule has 2 nitrogen and oxygen atoms in total. The highest BCUT2D eigenvalue weighted by atomic mass is 14.7. The molecule has 0 saturated carbocycles. The van der Waals surface area contributed by atoms with Crippen molar-refractivity contribution in [3.8, 4) is 0 Å². The molecule has 0 spiro atoms. The predicted molar refractivity (Wildman–Crippen MR) is 51.2 cm³/mol. The minimum absolute atomic E-state index is 0.372. The summed E-state index contributed by atoms with van der Waals surface area (Å²) in [6.07, 6.45) is 4.70. The van der Waals surface area contributed by atoms with E-state index in [2.05, 4.69) is 37.0 Å². The Balaban J connectivity index is 4.34. The Morgan fingerprint density at radius 1 is 1.27 bits per heavy atom. The van der Waals surface area contributed by atoms with Crippen molar-refractivity contribution in [2.24, 2.45) is 15.9 Å². The van der Waals surface area contributed by atoms with E-state index in [1.165, 1.54) is 12.4 Å². The summed E-state index contributed by atoms with van der Waals surface area (Å²) < 4.78 is 0. The van der Waals surface area contributed by atoms with E-state index in [1.54, 1.807) is 6.21 Å². The summed E-state index contributed by atoms with van der Waals surface area (Å²) in [7, 11) is 0. The summed E-state index contributed by atoms with van der Waals surface area (Å²) in [6, 6.07) is 0. The van der Waals surface area contributed by atoms with Gasteiger partial charge in [-0.15, -0.1) is 0 Å². The molecule has 0 unspecified atom stereocenters. The number of rotatable bonds is 4. The molecule has 11 heavy (non-hydrogen) atoms. The van der Waals surface area contributed by atoms with E-state index in [9.17, 15) is 0 Å². The first kappa shape index (κ1) is 9.82. The first-order chi connectivity index (χ1) is 5.22. The molecule has 0 aliphatic rings. The zero-order valence-corrected chi connectivity index (χ0v) is 7.12. The maximum Gasteiger partial charge on any atom is 0.0611 e. The van der Waals surface area contributed by atoms with E-state index in [0.717, 1.165) is 5.71 Å². The smallest absolute Gasteiger partial charge is 0.0611 e. The van der Waals surface area contributed by atoms with Crippen molar-refractivity contribution < 1.29 is 0 Å². The van der Waals surface area contributed by atoms with Crippen LogP contribution in [0.4, 0.5) is 0 Å². The molecule has 0 fully saturated rings. The molecule has 0 aromatic rings. The quantitative estimate of drug-likeness (QED) is 0.550. The highest BCUT2D eigenvalue weighted by Crippen LogP contribution is 1.95. The fourth-order valence-corrected chi connectivity index (χ4v) is 0.566. The molecule has 0 aromatic heterocycles. The second kappa shape index (κ2) is 5.59. The van der Waals surface area contributed by atoms with Crippen LogP contribution in [0, 0.1) is 5.92 Å². The zero-order chi connectivity index (χ0) is 8.69. The minimum atomic E-state index is 0.372. The van der Waals surface area contributed by atoms with Gasteiger partial charge in [0.25, 0.3) is 0 Å². The molecule has 0 saturated heterocycles. The molecule has 0 radical (unpaired) electrons. The fourth-order valence-electron chi connectivity index (χ4n) is 0.566. The van der Waals surface area contributed by atoms with Gasteiger partial charge in [-0.05, 0) is 5.92 Å². The highest BCUT2D eigenvalue weighted by molar-refractivity contribution is 6.31. The molecule has 0 bridgehead atoms. The SMILES string of the molecule is C=CN=CC(=NC=C)C(C)C. The normalized spacial score (nSPS) is 12.5. The van der Waals surface area contributed by atoms with Crippen LogP contribution >= 0.6 is 0 Å². The molecule has 0 aliphatic heterocycles. The van der Waals surface area contributed by atoms with Crippen molar-refractivity contribution >= 4 is 11.9 Å². The predicted octanol–water partition coefficient (Wildman–Crippen LogP) is 2.44. The van der Waals surface area contributed by atoms with Gasteiger partial charge in [-0.1, -0.05) is 27.0 Å². The van der Waals surface area contributed by atoms with Gasteiger partial charge in [0.05, 0.1) is 5.71 Å². The summed E-state index contributed by atoms with van der Waals surface area (Å²) >= 11 is 0. The Labute approximate surface area is 68.1 Å². The summed E-state index contributed by atoms with van der Waals surface area (Å²) in [5.74, 6) is 0.372. The Hall–Kier alpha value is -1.18. The maximum atomic E-state index is 4.04. The average Bonchev–Trinajstić information content (AvgIpc) is 1.97. The standard InChI is InChI=1S/C9H14N2/c1-5-10-7-9(8(3)4)11-6-2/h5-8H,1-2H2,3-4H3. The Morgan fingerprint density at radius 3 is 2.27 bits per heavy atom. The lowest BCUT2D eigenvalue weighted by molar-refractivity contribution is 0.896. The molecule has 0 N–H and O–H groups in total. The van der Waals surface area contributed by atoms with E-state index >= 15 is 0 Å². The summed E-state index contributed by atoms with van der Waals surface area (Å²) in [5.41, 5.74) is 0.917. The third-order valence-electron chi connectivity index (χ3n) is 1.14. The van der Waals surface area contributed by atoms with Gasteiger partial charge >= 0.3 is 0 Å². The third kappa shape index (κ3) is 4.25. The van der Waals surface area contributed by atoms with E-state index < -0.39 is 0 Å². The second-order valence-corrected chi connectivity index (χ2v) is 2.35. The molecule has 0 atom stereocenters. The van der Waals surface area contributed by atoms with Crippen LogP contribution in [0.3, 0.4) is 0 Å². The van der Waals surface area contributed by atoms with Crippen LogP contribution in [-0.2, 0) is 0 Å². The molecule has 0 aromatic carbocycles. The van der Waals surface area contributed by atoms with Crippen LogP contribution in [0.1, 0.15) is 13.8 Å². The van der Waals surface area contributed by atoms with Gasteiger partial charge in [-0.2, -0.15) is 0 Å². The topological polar surface area (TPSA) is 24.7 Å². The van der Waals surface area contributed by atoms with E-state index in [1.807, 2.05) is 0 Å². The molecular weight excluding hydrogens is 136 g/mol. The summed E-state index contributed by atoms with van der Waals surface area (Å²) in [5, 5.41) is 0. The van der Waals surface area contributed by atoms with E-state index in [-0.39, 0.29) is 0 Å². The van der Waals surface area contributed by atoms with Gasteiger partial charge in [-0.25, -0.2) is 0 Å². The number of nitrogens with zero attached hydrogens (tertiary/aromatic N) is 2. The average molecular weight is 150 g/mol. The van der Waals surface area contributed by atoms with Crippen molar-refractivity contribution in [2.75, 3.05) is 0 Å². The van der Waals surface area contributed by atoms with E-state index in [4.69, 9.17) is 0 Å². The Morgan fingerprint density at radius 2 is 1.91 bits per heavy atom. The van der Waals surface area contributed by atoms with Gasteiger partial charge in [0.15, 0.2) is 0 Å².